The number of ether oxygens (including phenoxy) is 1. The van der Waals surface area contributed by atoms with Crippen LogP contribution in [0.2, 0.25) is 5.02 Å². The Morgan fingerprint density at radius 2 is 1.57 bits per heavy atom. The molecule has 0 aliphatic carbocycles. The molecule has 6 nitrogen and oxygen atoms in total. The van der Waals surface area contributed by atoms with Crippen LogP contribution in [0.1, 0.15) is 5.56 Å². The predicted molar refractivity (Wildman–Crippen MR) is 104 cm³/mol. The number of amides is 2. The highest BCUT2D eigenvalue weighted by Gasteiger charge is 2.33. The number of hydrogen-bond acceptors (Lipinski definition) is 4. The number of benzene rings is 2. The third-order valence-electron chi connectivity index (χ3n) is 3.70. The van der Waals surface area contributed by atoms with E-state index < -0.39 is 28.6 Å². The number of anilines is 2. The van der Waals surface area contributed by atoms with Crippen LogP contribution in [0.4, 0.5) is 24.5 Å². The summed E-state index contributed by atoms with van der Waals surface area (Å²) in [6, 6.07) is 12.4. The van der Waals surface area contributed by atoms with Gasteiger partial charge in [-0.15, -0.1) is 0 Å². The van der Waals surface area contributed by atoms with Gasteiger partial charge in [-0.25, -0.2) is 0 Å². The molecular weight excluding hydrogens is 423 g/mol. The predicted octanol–water partition coefficient (Wildman–Crippen LogP) is 5.12. The molecule has 1 heterocycles. The summed E-state index contributed by atoms with van der Waals surface area (Å²) in [6.45, 7) is 0. The summed E-state index contributed by atoms with van der Waals surface area (Å²) in [7, 11) is 0. The second-order valence-electron chi connectivity index (χ2n) is 5.92. The number of carbonyl (C=O) groups excluding carboxylic acids is 2. The number of nitrogens with zero attached hydrogens (tertiary/aromatic N) is 1. The van der Waals surface area contributed by atoms with Crippen LogP contribution in [0.15, 0.2) is 67.0 Å². The summed E-state index contributed by atoms with van der Waals surface area (Å²) >= 11 is 5.53. The number of carbonyl (C=O) groups is 2. The monoisotopic (exact) mass is 435 g/mol. The fourth-order valence-corrected chi connectivity index (χ4v) is 2.60. The number of rotatable bonds is 4. The molecule has 0 atom stereocenters. The zero-order valence-corrected chi connectivity index (χ0v) is 15.8. The van der Waals surface area contributed by atoms with Gasteiger partial charge in [0.1, 0.15) is 11.5 Å². The van der Waals surface area contributed by atoms with Crippen LogP contribution in [0.3, 0.4) is 0 Å². The largest absolute Gasteiger partial charge is 0.456 e. The molecule has 0 bridgehead atoms. The van der Waals surface area contributed by atoms with Gasteiger partial charge in [0, 0.05) is 23.6 Å². The molecule has 10 heteroatoms. The summed E-state index contributed by atoms with van der Waals surface area (Å²) < 4.78 is 44.3. The Labute approximate surface area is 173 Å². The number of nitrogens with one attached hydrogen (secondary N) is 2. The molecule has 0 aliphatic rings. The molecule has 154 valence electrons. The zero-order chi connectivity index (χ0) is 21.7. The number of hydrogen-bond donors (Lipinski definition) is 2. The summed E-state index contributed by atoms with van der Waals surface area (Å²) in [5.74, 6) is -1.36. The average Bonchev–Trinajstić information content (AvgIpc) is 2.69. The van der Waals surface area contributed by atoms with Crippen LogP contribution in [0.25, 0.3) is 0 Å². The van der Waals surface area contributed by atoms with Crippen molar-refractivity contribution in [3.63, 3.8) is 0 Å². The Hall–Kier alpha value is -3.59. The quantitative estimate of drug-likeness (QED) is 0.557. The van der Waals surface area contributed by atoms with E-state index in [1.807, 2.05) is 0 Å². The van der Waals surface area contributed by atoms with E-state index >= 15 is 0 Å². The van der Waals surface area contributed by atoms with Gasteiger partial charge in [-0.3, -0.25) is 14.6 Å². The van der Waals surface area contributed by atoms with E-state index in [1.165, 1.54) is 18.3 Å². The van der Waals surface area contributed by atoms with Crippen LogP contribution in [0, 0.1) is 0 Å². The first kappa shape index (κ1) is 21.1. The Morgan fingerprint density at radius 3 is 2.20 bits per heavy atom. The summed E-state index contributed by atoms with van der Waals surface area (Å²) in [5.41, 5.74) is -1.09. The van der Waals surface area contributed by atoms with Crippen molar-refractivity contribution >= 4 is 34.8 Å². The minimum atomic E-state index is -4.70. The second-order valence-corrected chi connectivity index (χ2v) is 6.33. The van der Waals surface area contributed by atoms with Crippen molar-refractivity contribution < 1.29 is 27.5 Å². The summed E-state index contributed by atoms with van der Waals surface area (Å²) in [6.07, 6.45) is -1.62. The smallest absolute Gasteiger partial charge is 0.417 e. The van der Waals surface area contributed by atoms with Gasteiger partial charge in [0.2, 0.25) is 0 Å². The molecular formula is C20H13ClF3N3O3. The normalized spacial score (nSPS) is 10.9. The minimum absolute atomic E-state index is 0.222. The van der Waals surface area contributed by atoms with Crippen LogP contribution < -0.4 is 15.4 Å². The third-order valence-corrected chi connectivity index (χ3v) is 4.03. The van der Waals surface area contributed by atoms with Crippen LogP contribution in [-0.4, -0.2) is 16.8 Å². The molecule has 0 fully saturated rings. The number of alkyl halides is 3. The van der Waals surface area contributed by atoms with E-state index in [4.69, 9.17) is 16.3 Å². The topological polar surface area (TPSA) is 80.3 Å². The minimum Gasteiger partial charge on any atom is -0.456 e. The molecule has 2 N–H and O–H groups in total. The standard InChI is InChI=1S/C20H13ClF3N3O3/c21-17-7-6-13(10-16(17)20(22,23)24)27-19(29)18(28)26-12-3-1-4-14(9-12)30-15-5-2-8-25-11-15/h1-11H,(H,26,28)(H,27,29). The average molecular weight is 436 g/mol. The van der Waals surface area contributed by atoms with Crippen molar-refractivity contribution in [3.05, 3.63) is 77.6 Å². The third kappa shape index (κ3) is 5.48. The lowest BCUT2D eigenvalue weighted by atomic mass is 10.2. The maximum absolute atomic E-state index is 12.9. The SMILES string of the molecule is O=C(Nc1cccc(Oc2cccnc2)c1)C(=O)Nc1ccc(Cl)c(C(F)(F)F)c1. The fraction of sp³-hybridized carbons (Fsp3) is 0.0500. The van der Waals surface area contributed by atoms with Gasteiger partial charge in [0.25, 0.3) is 0 Å². The fourth-order valence-electron chi connectivity index (χ4n) is 2.38. The molecule has 0 saturated heterocycles. The maximum atomic E-state index is 12.9. The van der Waals surface area contributed by atoms with Gasteiger partial charge in [0.05, 0.1) is 16.8 Å². The van der Waals surface area contributed by atoms with E-state index in [0.29, 0.717) is 17.6 Å². The highest BCUT2D eigenvalue weighted by atomic mass is 35.5. The zero-order valence-electron chi connectivity index (χ0n) is 15.0. The molecule has 3 aromatic rings. The van der Waals surface area contributed by atoms with Crippen molar-refractivity contribution in [1.29, 1.82) is 0 Å². The van der Waals surface area contributed by atoms with Crippen LogP contribution in [-0.2, 0) is 15.8 Å². The first-order valence-electron chi connectivity index (χ1n) is 8.39. The summed E-state index contributed by atoms with van der Waals surface area (Å²) in [5, 5.41) is 3.94. The molecule has 2 aromatic carbocycles. The molecule has 0 radical (unpaired) electrons. The number of aromatic nitrogens is 1. The van der Waals surface area contributed by atoms with E-state index in [1.54, 1.807) is 30.5 Å². The van der Waals surface area contributed by atoms with Gasteiger partial charge in [-0.2, -0.15) is 13.2 Å². The Morgan fingerprint density at radius 1 is 0.900 bits per heavy atom. The number of halogens is 4. The Kier molecular flexibility index (Phi) is 6.22. The van der Waals surface area contributed by atoms with Crippen molar-refractivity contribution in [1.82, 2.24) is 4.98 Å². The Bertz CT molecular complexity index is 1080. The van der Waals surface area contributed by atoms with Gasteiger partial charge >= 0.3 is 18.0 Å². The first-order valence-corrected chi connectivity index (χ1v) is 8.77. The van der Waals surface area contributed by atoms with Crippen molar-refractivity contribution in [3.8, 4) is 11.5 Å². The first-order chi connectivity index (χ1) is 14.2. The lowest BCUT2D eigenvalue weighted by Crippen LogP contribution is -2.29. The van der Waals surface area contributed by atoms with Crippen molar-refractivity contribution in [2.24, 2.45) is 0 Å². The molecule has 1 aromatic heterocycles. The molecule has 0 unspecified atom stereocenters. The van der Waals surface area contributed by atoms with Gasteiger partial charge in [-0.05, 0) is 42.5 Å². The Balaban J connectivity index is 1.66. The van der Waals surface area contributed by atoms with Gasteiger partial charge < -0.3 is 15.4 Å². The van der Waals surface area contributed by atoms with Gasteiger partial charge in [-0.1, -0.05) is 17.7 Å². The molecule has 30 heavy (non-hydrogen) atoms. The second kappa shape index (κ2) is 8.83. The maximum Gasteiger partial charge on any atom is 0.417 e. The van der Waals surface area contributed by atoms with E-state index in [9.17, 15) is 22.8 Å². The lowest BCUT2D eigenvalue weighted by Gasteiger charge is -2.12. The highest BCUT2D eigenvalue weighted by molar-refractivity contribution is 6.43. The highest BCUT2D eigenvalue weighted by Crippen LogP contribution is 2.36. The molecule has 2 amide bonds. The van der Waals surface area contributed by atoms with Crippen LogP contribution in [0.5, 0.6) is 11.5 Å². The van der Waals surface area contributed by atoms with Crippen LogP contribution >= 0.6 is 11.6 Å². The summed E-state index contributed by atoms with van der Waals surface area (Å²) in [4.78, 5) is 28.1. The molecule has 3 rings (SSSR count). The lowest BCUT2D eigenvalue weighted by molar-refractivity contribution is -0.137. The van der Waals surface area contributed by atoms with Gasteiger partial charge in [0.15, 0.2) is 0 Å². The van der Waals surface area contributed by atoms with E-state index in [0.717, 1.165) is 12.1 Å². The van der Waals surface area contributed by atoms with E-state index in [-0.39, 0.29) is 11.4 Å². The molecule has 0 aliphatic heterocycles. The van der Waals surface area contributed by atoms with Crippen molar-refractivity contribution in [2.45, 2.75) is 6.18 Å². The molecule has 0 spiro atoms. The van der Waals surface area contributed by atoms with Crippen molar-refractivity contribution in [2.75, 3.05) is 10.6 Å². The van der Waals surface area contributed by atoms with E-state index in [2.05, 4.69) is 15.6 Å². The molecule has 0 saturated carbocycles. The number of pyridine rings is 1.